The molecule has 0 radical (unpaired) electrons. The molecule has 3 atom stereocenters. The molecule has 3 aliphatic heterocycles. The predicted molar refractivity (Wildman–Crippen MR) is 158 cm³/mol. The van der Waals surface area contributed by atoms with Crippen LogP contribution in [0.5, 0.6) is 17.2 Å². The van der Waals surface area contributed by atoms with E-state index in [-0.39, 0.29) is 25.2 Å². The standard InChI is InChI=1S/C31H48N4O7/c1-5-6-12-33(13-8-7-11-32)26(36)19-35-18-22(21-16-24(40-4)28-25(17-21)41-20-42-28)27(29(37)38)23(35)9-14-34-15-10-31(2,3)30(34)39/h16-17,22-23,27H,5-15,18-20,32H2,1-4H3,(H,37,38). The maximum absolute atomic E-state index is 13.7. The highest BCUT2D eigenvalue weighted by molar-refractivity contribution is 5.84. The summed E-state index contributed by atoms with van der Waals surface area (Å²) >= 11 is 0. The van der Waals surface area contributed by atoms with Gasteiger partial charge in [0.05, 0.1) is 19.6 Å². The summed E-state index contributed by atoms with van der Waals surface area (Å²) in [6, 6.07) is 3.23. The molecule has 3 unspecified atom stereocenters. The first-order valence-electron chi connectivity index (χ1n) is 15.3. The highest BCUT2D eigenvalue weighted by atomic mass is 16.7. The number of carboxylic acids is 1. The van der Waals surface area contributed by atoms with E-state index < -0.39 is 29.3 Å². The van der Waals surface area contributed by atoms with E-state index in [9.17, 15) is 19.5 Å². The molecule has 1 aromatic carbocycles. The lowest BCUT2D eigenvalue weighted by Gasteiger charge is -2.31. The molecule has 3 heterocycles. The Morgan fingerprint density at radius 2 is 1.95 bits per heavy atom. The molecule has 0 spiro atoms. The number of nitrogens with two attached hydrogens (primary N) is 1. The van der Waals surface area contributed by atoms with Crippen LogP contribution in [0.3, 0.4) is 0 Å². The van der Waals surface area contributed by atoms with Gasteiger partial charge in [-0.05, 0) is 56.3 Å². The minimum absolute atomic E-state index is 0.00286. The van der Waals surface area contributed by atoms with Crippen molar-refractivity contribution in [3.8, 4) is 17.2 Å². The lowest BCUT2D eigenvalue weighted by molar-refractivity contribution is -0.144. The Labute approximate surface area is 249 Å². The summed E-state index contributed by atoms with van der Waals surface area (Å²) in [5.74, 6) is -0.495. The number of likely N-dealkylation sites (tertiary alicyclic amines) is 2. The summed E-state index contributed by atoms with van der Waals surface area (Å²) in [5.41, 5.74) is 6.06. The number of amides is 2. The van der Waals surface area contributed by atoms with Gasteiger partial charge in [0.25, 0.3) is 0 Å². The number of unbranched alkanes of at least 4 members (excludes halogenated alkanes) is 2. The monoisotopic (exact) mass is 588 g/mol. The summed E-state index contributed by atoms with van der Waals surface area (Å²) in [7, 11) is 1.54. The summed E-state index contributed by atoms with van der Waals surface area (Å²) in [6.45, 7) is 9.58. The fourth-order valence-electron chi connectivity index (χ4n) is 6.54. The average molecular weight is 589 g/mol. The van der Waals surface area contributed by atoms with Crippen LogP contribution in [0.25, 0.3) is 0 Å². The lowest BCUT2D eigenvalue weighted by Crippen LogP contribution is -2.46. The van der Waals surface area contributed by atoms with Crippen molar-refractivity contribution in [1.82, 2.24) is 14.7 Å². The number of fused-ring (bicyclic) bond motifs is 1. The van der Waals surface area contributed by atoms with E-state index in [0.29, 0.717) is 62.9 Å². The van der Waals surface area contributed by atoms with Gasteiger partial charge in [0.2, 0.25) is 24.4 Å². The number of benzene rings is 1. The van der Waals surface area contributed by atoms with Crippen molar-refractivity contribution in [3.05, 3.63) is 17.7 Å². The first kappa shape index (κ1) is 31.9. The van der Waals surface area contributed by atoms with Gasteiger partial charge in [0, 0.05) is 50.1 Å². The number of ether oxygens (including phenoxy) is 3. The number of carbonyl (C=O) groups is 3. The van der Waals surface area contributed by atoms with Gasteiger partial charge < -0.3 is 34.9 Å². The van der Waals surface area contributed by atoms with Crippen LogP contribution < -0.4 is 19.9 Å². The highest BCUT2D eigenvalue weighted by Gasteiger charge is 2.48. The summed E-state index contributed by atoms with van der Waals surface area (Å²) in [4.78, 5) is 45.4. The van der Waals surface area contributed by atoms with Gasteiger partial charge in [-0.15, -0.1) is 0 Å². The molecule has 0 aromatic heterocycles. The van der Waals surface area contributed by atoms with Gasteiger partial charge in [0.1, 0.15) is 0 Å². The van der Waals surface area contributed by atoms with Gasteiger partial charge in [-0.3, -0.25) is 19.3 Å². The number of hydrogen-bond donors (Lipinski definition) is 2. The van der Waals surface area contributed by atoms with Crippen LogP contribution in [-0.2, 0) is 14.4 Å². The zero-order chi connectivity index (χ0) is 30.4. The minimum Gasteiger partial charge on any atom is -0.493 e. The molecular formula is C31H48N4O7. The Balaban J connectivity index is 1.62. The third-order valence-corrected chi connectivity index (χ3v) is 9.06. The SMILES string of the molecule is CCCCN(CCCCN)C(=O)CN1CC(c2cc(OC)c3c(c2)OCO3)C(C(=O)O)C1CCN1CCC(C)(C)C1=O. The van der Waals surface area contributed by atoms with Crippen molar-refractivity contribution in [3.63, 3.8) is 0 Å². The number of methoxy groups -OCH3 is 1. The van der Waals surface area contributed by atoms with Crippen molar-refractivity contribution in [2.75, 3.05) is 59.7 Å². The number of aliphatic carboxylic acids is 1. The van der Waals surface area contributed by atoms with Crippen LogP contribution in [0.2, 0.25) is 0 Å². The van der Waals surface area contributed by atoms with E-state index in [1.165, 1.54) is 0 Å². The minimum atomic E-state index is -0.921. The third kappa shape index (κ3) is 6.94. The molecule has 0 aliphatic carbocycles. The Morgan fingerprint density at radius 3 is 2.60 bits per heavy atom. The van der Waals surface area contributed by atoms with Gasteiger partial charge in [-0.2, -0.15) is 0 Å². The fourth-order valence-corrected chi connectivity index (χ4v) is 6.54. The van der Waals surface area contributed by atoms with Gasteiger partial charge in [0.15, 0.2) is 11.5 Å². The van der Waals surface area contributed by atoms with Gasteiger partial charge in [-0.1, -0.05) is 27.2 Å². The zero-order valence-electron chi connectivity index (χ0n) is 25.6. The Bertz CT molecular complexity index is 1130. The molecule has 4 rings (SSSR count). The van der Waals surface area contributed by atoms with Crippen LogP contribution in [0.1, 0.15) is 70.8 Å². The smallest absolute Gasteiger partial charge is 0.308 e. The van der Waals surface area contributed by atoms with Crippen LogP contribution in [-0.4, -0.2) is 103 Å². The van der Waals surface area contributed by atoms with Crippen LogP contribution in [0.15, 0.2) is 12.1 Å². The molecular weight excluding hydrogens is 540 g/mol. The molecule has 0 bridgehead atoms. The topological polar surface area (TPSA) is 135 Å². The molecule has 2 amide bonds. The predicted octanol–water partition coefficient (Wildman–Crippen LogP) is 2.91. The molecule has 234 valence electrons. The second kappa shape index (κ2) is 13.9. The van der Waals surface area contributed by atoms with Crippen molar-refractivity contribution < 1.29 is 33.7 Å². The molecule has 42 heavy (non-hydrogen) atoms. The number of hydrogen-bond acceptors (Lipinski definition) is 8. The number of rotatable bonds is 15. The second-order valence-corrected chi connectivity index (χ2v) is 12.4. The van der Waals surface area contributed by atoms with E-state index in [1.54, 1.807) is 7.11 Å². The zero-order valence-corrected chi connectivity index (χ0v) is 25.6. The molecule has 11 nitrogen and oxygen atoms in total. The second-order valence-electron chi connectivity index (χ2n) is 12.4. The molecule has 1 aromatic rings. The van der Waals surface area contributed by atoms with Crippen LogP contribution in [0.4, 0.5) is 0 Å². The Morgan fingerprint density at radius 1 is 1.19 bits per heavy atom. The molecule has 2 saturated heterocycles. The Hall–Kier alpha value is -3.05. The molecule has 2 fully saturated rings. The summed E-state index contributed by atoms with van der Waals surface area (Å²) in [6.07, 6.45) is 4.80. The Kier molecular flexibility index (Phi) is 10.6. The summed E-state index contributed by atoms with van der Waals surface area (Å²) in [5, 5.41) is 10.6. The first-order valence-corrected chi connectivity index (χ1v) is 15.3. The first-order chi connectivity index (χ1) is 20.1. The largest absolute Gasteiger partial charge is 0.493 e. The maximum Gasteiger partial charge on any atom is 0.308 e. The van der Waals surface area contributed by atoms with E-state index in [2.05, 4.69) is 6.92 Å². The number of nitrogens with zero attached hydrogens (tertiary/aromatic N) is 3. The van der Waals surface area contributed by atoms with Crippen molar-refractivity contribution in [2.24, 2.45) is 17.1 Å². The van der Waals surface area contributed by atoms with Crippen molar-refractivity contribution in [1.29, 1.82) is 0 Å². The third-order valence-electron chi connectivity index (χ3n) is 9.06. The van der Waals surface area contributed by atoms with Gasteiger partial charge in [-0.25, -0.2) is 0 Å². The average Bonchev–Trinajstić information content (AvgIpc) is 3.65. The fraction of sp³-hybridized carbons (Fsp3) is 0.710. The molecule has 0 saturated carbocycles. The summed E-state index contributed by atoms with van der Waals surface area (Å²) < 4.78 is 16.8. The van der Waals surface area contributed by atoms with Crippen LogP contribution >= 0.6 is 0 Å². The quantitative estimate of drug-likeness (QED) is 0.297. The van der Waals surface area contributed by atoms with Crippen molar-refractivity contribution in [2.45, 2.75) is 71.3 Å². The van der Waals surface area contributed by atoms with Gasteiger partial charge >= 0.3 is 5.97 Å². The van der Waals surface area contributed by atoms with Crippen molar-refractivity contribution >= 4 is 17.8 Å². The van der Waals surface area contributed by atoms with Crippen LogP contribution in [0, 0.1) is 11.3 Å². The molecule has 3 aliphatic rings. The molecule has 3 N–H and O–H groups in total. The highest BCUT2D eigenvalue weighted by Crippen LogP contribution is 2.47. The molecule has 11 heteroatoms. The van der Waals surface area contributed by atoms with E-state index >= 15 is 0 Å². The lowest BCUT2D eigenvalue weighted by atomic mass is 9.84. The van der Waals surface area contributed by atoms with E-state index in [0.717, 1.165) is 37.7 Å². The van der Waals surface area contributed by atoms with E-state index in [1.807, 2.05) is 40.7 Å². The number of carbonyl (C=O) groups excluding carboxylic acids is 2. The maximum atomic E-state index is 13.7. The normalized spacial score (nSPS) is 23.0. The number of carboxylic acid groups (broad SMARTS) is 1. The van der Waals surface area contributed by atoms with E-state index in [4.69, 9.17) is 19.9 Å².